The fourth-order valence-electron chi connectivity index (χ4n) is 2.62. The molecule has 1 aromatic carbocycles. The molecule has 0 atom stereocenters. The molecule has 0 radical (unpaired) electrons. The molecule has 2 aromatic rings. The van der Waals surface area contributed by atoms with Gasteiger partial charge < -0.3 is 5.32 Å². The summed E-state index contributed by atoms with van der Waals surface area (Å²) in [4.78, 5) is 9.02. The number of anilines is 1. The fourth-order valence-corrected chi connectivity index (χ4v) is 3.12. The monoisotopic (exact) mass is 353 g/mol. The van der Waals surface area contributed by atoms with Gasteiger partial charge in [-0.1, -0.05) is 0 Å². The van der Waals surface area contributed by atoms with E-state index < -0.39 is 11.6 Å². The third-order valence-electron chi connectivity index (χ3n) is 3.70. The smallest absolute Gasteiger partial charge is 0.173 e. The SMILES string of the molecule is CNc1nc(-c2ccc(F)c(F)c2Br)nc2c1CCCC2. The largest absolute Gasteiger partial charge is 0.373 e. The van der Waals surface area contributed by atoms with Gasteiger partial charge in [-0.15, -0.1) is 0 Å². The summed E-state index contributed by atoms with van der Waals surface area (Å²) in [5.74, 6) is -0.630. The number of aromatic nitrogens is 2. The van der Waals surface area contributed by atoms with Crippen molar-refractivity contribution in [3.63, 3.8) is 0 Å². The molecule has 1 aromatic heterocycles. The van der Waals surface area contributed by atoms with E-state index in [-0.39, 0.29) is 4.47 Å². The van der Waals surface area contributed by atoms with Crippen LogP contribution in [0.3, 0.4) is 0 Å². The molecule has 0 bridgehead atoms. The van der Waals surface area contributed by atoms with Crippen LogP contribution in [0.15, 0.2) is 16.6 Å². The molecule has 6 heteroatoms. The highest BCUT2D eigenvalue weighted by Crippen LogP contribution is 2.33. The molecule has 3 rings (SSSR count). The zero-order valence-electron chi connectivity index (χ0n) is 11.5. The lowest BCUT2D eigenvalue weighted by Crippen LogP contribution is -2.12. The van der Waals surface area contributed by atoms with Gasteiger partial charge in [0.2, 0.25) is 0 Å². The second-order valence-electron chi connectivity index (χ2n) is 5.00. The third kappa shape index (κ3) is 2.52. The van der Waals surface area contributed by atoms with Crippen LogP contribution in [0.4, 0.5) is 14.6 Å². The summed E-state index contributed by atoms with van der Waals surface area (Å²) < 4.78 is 27.0. The maximum atomic E-state index is 13.7. The van der Waals surface area contributed by atoms with Crippen LogP contribution in [-0.4, -0.2) is 17.0 Å². The minimum atomic E-state index is -0.917. The van der Waals surface area contributed by atoms with Crippen molar-refractivity contribution < 1.29 is 8.78 Å². The molecule has 1 N–H and O–H groups in total. The number of benzene rings is 1. The maximum absolute atomic E-state index is 13.7. The van der Waals surface area contributed by atoms with Crippen molar-refractivity contribution >= 4 is 21.7 Å². The van der Waals surface area contributed by atoms with Crippen molar-refractivity contribution in [1.29, 1.82) is 0 Å². The Labute approximate surface area is 129 Å². The highest BCUT2D eigenvalue weighted by atomic mass is 79.9. The van der Waals surface area contributed by atoms with Crippen LogP contribution < -0.4 is 5.32 Å². The highest BCUT2D eigenvalue weighted by Gasteiger charge is 2.20. The molecular weight excluding hydrogens is 340 g/mol. The summed E-state index contributed by atoms with van der Waals surface area (Å²) in [7, 11) is 1.81. The Balaban J connectivity index is 2.17. The van der Waals surface area contributed by atoms with Crippen molar-refractivity contribution in [2.75, 3.05) is 12.4 Å². The quantitative estimate of drug-likeness (QED) is 0.825. The van der Waals surface area contributed by atoms with Crippen LogP contribution in [-0.2, 0) is 12.8 Å². The van der Waals surface area contributed by atoms with Crippen molar-refractivity contribution in [2.45, 2.75) is 25.7 Å². The van der Waals surface area contributed by atoms with Gasteiger partial charge in [0.1, 0.15) is 5.82 Å². The number of aryl methyl sites for hydroxylation is 1. The minimum Gasteiger partial charge on any atom is -0.373 e. The van der Waals surface area contributed by atoms with Gasteiger partial charge in [-0.2, -0.15) is 0 Å². The number of hydrogen-bond acceptors (Lipinski definition) is 3. The zero-order chi connectivity index (χ0) is 15.0. The number of halogens is 3. The van der Waals surface area contributed by atoms with E-state index in [1.807, 2.05) is 0 Å². The summed E-state index contributed by atoms with van der Waals surface area (Å²) in [6, 6.07) is 2.59. The molecule has 0 spiro atoms. The number of nitrogens with one attached hydrogen (secondary N) is 1. The highest BCUT2D eigenvalue weighted by molar-refractivity contribution is 9.10. The molecule has 0 aliphatic heterocycles. The number of fused-ring (bicyclic) bond motifs is 1. The standard InChI is InChI=1S/C15H14BrF2N3/c1-19-14-8-4-2-3-5-11(8)20-15(21-14)9-6-7-10(17)13(18)12(9)16/h6-7H,2-5H2,1H3,(H,19,20,21). The van der Waals surface area contributed by atoms with Gasteiger partial charge in [0, 0.05) is 23.9 Å². The lowest BCUT2D eigenvalue weighted by atomic mass is 9.96. The maximum Gasteiger partial charge on any atom is 0.173 e. The Morgan fingerprint density at radius 2 is 1.90 bits per heavy atom. The molecule has 0 fully saturated rings. The first-order valence-electron chi connectivity index (χ1n) is 6.83. The van der Waals surface area contributed by atoms with E-state index in [1.54, 1.807) is 7.05 Å². The molecule has 1 aliphatic carbocycles. The van der Waals surface area contributed by atoms with E-state index in [2.05, 4.69) is 31.2 Å². The number of nitrogens with zero attached hydrogens (tertiary/aromatic N) is 2. The molecule has 21 heavy (non-hydrogen) atoms. The topological polar surface area (TPSA) is 37.8 Å². The summed E-state index contributed by atoms with van der Waals surface area (Å²) in [6.45, 7) is 0. The Morgan fingerprint density at radius 3 is 2.67 bits per heavy atom. The number of rotatable bonds is 2. The predicted octanol–water partition coefficient (Wildman–Crippen LogP) is 4.10. The van der Waals surface area contributed by atoms with Crippen LogP contribution in [0.2, 0.25) is 0 Å². The zero-order valence-corrected chi connectivity index (χ0v) is 13.1. The Kier molecular flexibility index (Phi) is 3.89. The van der Waals surface area contributed by atoms with Gasteiger partial charge in [-0.05, 0) is 53.7 Å². The summed E-state index contributed by atoms with van der Waals surface area (Å²) in [5.41, 5.74) is 2.58. The molecule has 3 nitrogen and oxygen atoms in total. The van der Waals surface area contributed by atoms with Crippen LogP contribution in [0, 0.1) is 11.6 Å². The fraction of sp³-hybridized carbons (Fsp3) is 0.333. The normalized spacial score (nSPS) is 13.9. The van der Waals surface area contributed by atoms with Crippen molar-refractivity contribution in [2.24, 2.45) is 0 Å². The lowest BCUT2D eigenvalue weighted by Gasteiger charge is -2.19. The van der Waals surface area contributed by atoms with E-state index in [1.165, 1.54) is 6.07 Å². The Bertz CT molecular complexity index is 687. The van der Waals surface area contributed by atoms with Gasteiger partial charge in [-0.3, -0.25) is 0 Å². The Hall–Kier alpha value is -1.56. The van der Waals surface area contributed by atoms with Crippen molar-refractivity contribution in [3.8, 4) is 11.4 Å². The van der Waals surface area contributed by atoms with E-state index in [0.29, 0.717) is 11.4 Å². The molecule has 1 heterocycles. The van der Waals surface area contributed by atoms with Crippen molar-refractivity contribution in [1.82, 2.24) is 9.97 Å². The van der Waals surface area contributed by atoms with E-state index >= 15 is 0 Å². The Morgan fingerprint density at radius 1 is 1.14 bits per heavy atom. The van der Waals surface area contributed by atoms with E-state index in [4.69, 9.17) is 0 Å². The molecule has 0 saturated heterocycles. The van der Waals surface area contributed by atoms with Gasteiger partial charge in [-0.25, -0.2) is 18.7 Å². The molecule has 1 aliphatic rings. The van der Waals surface area contributed by atoms with E-state index in [0.717, 1.165) is 48.8 Å². The van der Waals surface area contributed by atoms with Crippen LogP contribution >= 0.6 is 15.9 Å². The van der Waals surface area contributed by atoms with Gasteiger partial charge in [0.15, 0.2) is 17.5 Å². The average molecular weight is 354 g/mol. The minimum absolute atomic E-state index is 0.0558. The first-order chi connectivity index (χ1) is 10.1. The molecule has 0 unspecified atom stereocenters. The molecule has 0 amide bonds. The van der Waals surface area contributed by atoms with Gasteiger partial charge in [0.25, 0.3) is 0 Å². The van der Waals surface area contributed by atoms with E-state index in [9.17, 15) is 8.78 Å². The lowest BCUT2D eigenvalue weighted by molar-refractivity contribution is 0.504. The summed E-state index contributed by atoms with van der Waals surface area (Å²) in [6.07, 6.45) is 4.05. The van der Waals surface area contributed by atoms with Gasteiger partial charge in [0.05, 0.1) is 4.47 Å². The third-order valence-corrected chi connectivity index (χ3v) is 4.47. The van der Waals surface area contributed by atoms with Crippen molar-refractivity contribution in [3.05, 3.63) is 39.5 Å². The van der Waals surface area contributed by atoms with Crippen LogP contribution in [0.1, 0.15) is 24.1 Å². The molecular formula is C15H14BrF2N3. The second-order valence-corrected chi connectivity index (χ2v) is 5.79. The van der Waals surface area contributed by atoms with Gasteiger partial charge >= 0.3 is 0 Å². The molecule has 110 valence electrons. The first kappa shape index (κ1) is 14.4. The van der Waals surface area contributed by atoms with Crippen LogP contribution in [0.5, 0.6) is 0 Å². The summed E-state index contributed by atoms with van der Waals surface area (Å²) in [5, 5.41) is 3.08. The summed E-state index contributed by atoms with van der Waals surface area (Å²) >= 11 is 3.09. The first-order valence-corrected chi connectivity index (χ1v) is 7.62. The number of hydrogen-bond donors (Lipinski definition) is 1. The average Bonchev–Trinajstić information content (AvgIpc) is 2.51. The second kappa shape index (κ2) is 5.67. The molecule has 0 saturated carbocycles. The van der Waals surface area contributed by atoms with Crippen LogP contribution in [0.25, 0.3) is 11.4 Å². The predicted molar refractivity (Wildman–Crippen MR) is 81.3 cm³/mol.